The summed E-state index contributed by atoms with van der Waals surface area (Å²) in [5.74, 6) is -2.77. The molecule has 0 aromatic rings. The number of alkyl halides is 2. The maximum Gasteiger partial charge on any atom is 0.273 e. The lowest BCUT2D eigenvalue weighted by atomic mass is 10.5. The zero-order valence-corrected chi connectivity index (χ0v) is 4.06. The average Bonchev–Trinajstić information content (AvgIpc) is 1.35. The van der Waals surface area contributed by atoms with Crippen LogP contribution in [0, 0.1) is 0 Å². The number of thiocarbonyl (C=S) groups is 1. The van der Waals surface area contributed by atoms with Crippen molar-refractivity contribution in [2.24, 2.45) is 0 Å². The summed E-state index contributed by atoms with van der Waals surface area (Å²) >= 11 is 3.91. The zero-order valence-electron chi connectivity index (χ0n) is 3.24. The Labute approximate surface area is 40.2 Å². The van der Waals surface area contributed by atoms with Crippen molar-refractivity contribution >= 4 is 17.6 Å². The molecular weight excluding hydrogens is 106 g/mol. The first kappa shape index (κ1) is 5.95. The fourth-order valence-corrected chi connectivity index (χ4v) is 0. The lowest BCUT2D eigenvalue weighted by molar-refractivity contribution is 0.109. The number of hydrogen-bond acceptors (Lipinski definition) is 1. The van der Waals surface area contributed by atoms with Gasteiger partial charge in [0.1, 0.15) is 0 Å². The normalized spacial score (nSPS) is 11.2. The minimum atomic E-state index is -2.77. The van der Waals surface area contributed by atoms with Crippen LogP contribution in [0.15, 0.2) is 0 Å². The van der Waals surface area contributed by atoms with Crippen LogP contribution in [-0.4, -0.2) is 11.3 Å². The highest BCUT2D eigenvalue weighted by Crippen LogP contribution is 2.05. The first-order valence-electron chi connectivity index (χ1n) is 1.40. The summed E-state index contributed by atoms with van der Waals surface area (Å²) in [6.07, 6.45) is 0. The molecule has 0 spiro atoms. The molecular formula is C3H4F2S. The highest BCUT2D eigenvalue weighted by atomic mass is 32.1. The van der Waals surface area contributed by atoms with Crippen LogP contribution in [0.5, 0.6) is 0 Å². The third kappa shape index (κ3) is 3.95. The Kier molecular flexibility index (Phi) is 1.59. The molecule has 0 aliphatic carbocycles. The van der Waals surface area contributed by atoms with Crippen LogP contribution in [0.2, 0.25) is 0 Å². The van der Waals surface area contributed by atoms with Crippen LogP contribution in [0.25, 0.3) is 0 Å². The number of hydrogen-bond donors (Lipinski definition) is 0. The predicted molar refractivity (Wildman–Crippen MR) is 24.3 cm³/mol. The van der Waals surface area contributed by atoms with Gasteiger partial charge in [0.15, 0.2) is 0 Å². The van der Waals surface area contributed by atoms with Crippen molar-refractivity contribution in [1.82, 2.24) is 0 Å². The molecule has 36 valence electrons. The van der Waals surface area contributed by atoms with E-state index in [-0.39, 0.29) is 0 Å². The fourth-order valence-electron chi connectivity index (χ4n) is 0. The predicted octanol–water partition coefficient (Wildman–Crippen LogP) is 1.64. The molecule has 3 heteroatoms. The molecule has 0 saturated heterocycles. The van der Waals surface area contributed by atoms with E-state index < -0.39 is 5.92 Å². The van der Waals surface area contributed by atoms with Gasteiger partial charge in [0, 0.05) is 12.3 Å². The topological polar surface area (TPSA) is 0 Å². The van der Waals surface area contributed by atoms with E-state index in [1.165, 1.54) is 0 Å². The van der Waals surface area contributed by atoms with Crippen molar-refractivity contribution in [3.05, 3.63) is 0 Å². The quantitative estimate of drug-likeness (QED) is 0.462. The van der Waals surface area contributed by atoms with Gasteiger partial charge in [0.25, 0.3) is 5.92 Å². The third-order valence-corrected chi connectivity index (χ3v) is 0.621. The van der Waals surface area contributed by atoms with Gasteiger partial charge in [-0.1, -0.05) is 12.2 Å². The fraction of sp³-hybridized carbons (Fsp3) is 0.667. The lowest BCUT2D eigenvalue weighted by Crippen LogP contribution is -2.07. The van der Waals surface area contributed by atoms with E-state index in [4.69, 9.17) is 0 Å². The number of halogens is 2. The molecule has 6 heavy (non-hydrogen) atoms. The van der Waals surface area contributed by atoms with Gasteiger partial charge in [-0.15, -0.1) is 0 Å². The first-order valence-corrected chi connectivity index (χ1v) is 1.87. The molecule has 0 aromatic carbocycles. The van der Waals surface area contributed by atoms with Crippen molar-refractivity contribution in [2.45, 2.75) is 12.8 Å². The lowest BCUT2D eigenvalue weighted by Gasteiger charge is -1.95. The molecule has 0 unspecified atom stereocenters. The van der Waals surface area contributed by atoms with E-state index in [9.17, 15) is 8.78 Å². The minimum absolute atomic E-state index is 0.438. The van der Waals surface area contributed by atoms with Crippen molar-refractivity contribution in [3.63, 3.8) is 0 Å². The monoisotopic (exact) mass is 110 g/mol. The van der Waals surface area contributed by atoms with Gasteiger partial charge in [-0.05, 0) is 0 Å². The smallest absolute Gasteiger partial charge is 0.201 e. The molecule has 0 saturated carbocycles. The first-order chi connectivity index (χ1) is 2.56. The molecule has 0 aliphatic rings. The Balaban J connectivity index is 3.45. The molecule has 0 radical (unpaired) electrons. The maximum atomic E-state index is 11.3. The van der Waals surface area contributed by atoms with Gasteiger partial charge in [-0.3, -0.25) is 0 Å². The van der Waals surface area contributed by atoms with Gasteiger partial charge in [-0.2, -0.15) is 0 Å². The molecule has 0 nitrogen and oxygen atoms in total. The van der Waals surface area contributed by atoms with Crippen LogP contribution in [0.3, 0.4) is 0 Å². The van der Waals surface area contributed by atoms with Crippen molar-refractivity contribution in [2.75, 3.05) is 0 Å². The van der Waals surface area contributed by atoms with Crippen LogP contribution in [0.1, 0.15) is 6.92 Å². The zero-order chi connectivity index (χ0) is 5.21. The van der Waals surface area contributed by atoms with Crippen molar-refractivity contribution in [1.29, 1.82) is 0 Å². The summed E-state index contributed by atoms with van der Waals surface area (Å²) in [4.78, 5) is 0. The summed E-state index contributed by atoms with van der Waals surface area (Å²) in [6, 6.07) is 0. The second-order valence-corrected chi connectivity index (χ2v) is 1.31. The Morgan fingerprint density at radius 3 is 1.83 bits per heavy atom. The van der Waals surface area contributed by atoms with E-state index in [0.717, 1.165) is 6.92 Å². The second-order valence-electron chi connectivity index (χ2n) is 1.07. The standard InChI is InChI=1S/C3H4F2S/c1-3(4,5)2-6/h2H,1H3. The van der Waals surface area contributed by atoms with E-state index in [0.29, 0.717) is 5.37 Å². The molecule has 0 rings (SSSR count). The van der Waals surface area contributed by atoms with Gasteiger partial charge in [0.05, 0.1) is 0 Å². The number of rotatable bonds is 1. The largest absolute Gasteiger partial charge is 0.273 e. The van der Waals surface area contributed by atoms with E-state index in [2.05, 4.69) is 12.2 Å². The van der Waals surface area contributed by atoms with Gasteiger partial charge in [-0.25, -0.2) is 8.78 Å². The summed E-state index contributed by atoms with van der Waals surface area (Å²) in [5.41, 5.74) is 0. The Morgan fingerprint density at radius 1 is 1.67 bits per heavy atom. The average molecular weight is 110 g/mol. The van der Waals surface area contributed by atoms with Crippen molar-refractivity contribution < 1.29 is 8.78 Å². The summed E-state index contributed by atoms with van der Waals surface area (Å²) in [6.45, 7) is 0.750. The second kappa shape index (κ2) is 1.60. The molecule has 0 N–H and O–H groups in total. The maximum absolute atomic E-state index is 11.3. The Morgan fingerprint density at radius 2 is 1.83 bits per heavy atom. The molecule has 0 heterocycles. The highest BCUT2D eigenvalue weighted by Gasteiger charge is 2.14. The molecule has 0 bridgehead atoms. The van der Waals surface area contributed by atoms with Crippen molar-refractivity contribution in [3.8, 4) is 0 Å². The van der Waals surface area contributed by atoms with E-state index in [1.807, 2.05) is 0 Å². The molecule has 0 aliphatic heterocycles. The minimum Gasteiger partial charge on any atom is -0.201 e. The molecule has 0 fully saturated rings. The highest BCUT2D eigenvalue weighted by molar-refractivity contribution is 7.79. The third-order valence-electron chi connectivity index (χ3n) is 0.207. The molecule has 0 amide bonds. The molecule has 0 aromatic heterocycles. The van der Waals surface area contributed by atoms with Crippen LogP contribution >= 0.6 is 12.2 Å². The van der Waals surface area contributed by atoms with Gasteiger partial charge in [0.2, 0.25) is 0 Å². The van der Waals surface area contributed by atoms with Gasteiger partial charge >= 0.3 is 0 Å². The van der Waals surface area contributed by atoms with Crippen LogP contribution in [-0.2, 0) is 0 Å². The summed E-state index contributed by atoms with van der Waals surface area (Å²) in [5, 5.41) is 0.438. The van der Waals surface area contributed by atoms with E-state index in [1.54, 1.807) is 0 Å². The SMILES string of the molecule is CC(F)(F)C=S. The molecule has 0 atom stereocenters. The summed E-state index contributed by atoms with van der Waals surface area (Å²) in [7, 11) is 0. The Hall–Kier alpha value is -0.0500. The van der Waals surface area contributed by atoms with E-state index >= 15 is 0 Å². The summed E-state index contributed by atoms with van der Waals surface area (Å²) < 4.78 is 22.6. The van der Waals surface area contributed by atoms with Gasteiger partial charge < -0.3 is 0 Å². The van der Waals surface area contributed by atoms with Crippen LogP contribution in [0.4, 0.5) is 8.78 Å². The Bertz CT molecular complexity index is 54.3. The van der Waals surface area contributed by atoms with Crippen LogP contribution < -0.4 is 0 Å².